The van der Waals surface area contributed by atoms with Crippen molar-refractivity contribution < 1.29 is 4.79 Å². The number of benzene rings is 2. The molecule has 142 valence electrons. The summed E-state index contributed by atoms with van der Waals surface area (Å²) >= 11 is 0. The summed E-state index contributed by atoms with van der Waals surface area (Å²) in [4.78, 5) is 19.4. The van der Waals surface area contributed by atoms with Gasteiger partial charge < -0.3 is 20.0 Å². The average Bonchev–Trinajstić information content (AvgIpc) is 2.72. The summed E-state index contributed by atoms with van der Waals surface area (Å²) in [6.45, 7) is 5.46. The number of piperazine rings is 1. The van der Waals surface area contributed by atoms with E-state index in [1.54, 1.807) is 0 Å². The summed E-state index contributed by atoms with van der Waals surface area (Å²) in [6, 6.07) is 16.7. The lowest BCUT2D eigenvalue weighted by molar-refractivity contribution is -0.117. The van der Waals surface area contributed by atoms with Gasteiger partial charge in [0.05, 0.1) is 6.54 Å². The van der Waals surface area contributed by atoms with Gasteiger partial charge in [0.25, 0.3) is 0 Å². The second kappa shape index (κ2) is 8.01. The van der Waals surface area contributed by atoms with Gasteiger partial charge in [0.2, 0.25) is 5.91 Å². The van der Waals surface area contributed by atoms with Crippen LogP contribution in [0, 0.1) is 0 Å². The van der Waals surface area contributed by atoms with Gasteiger partial charge in [-0.25, -0.2) is 0 Å². The molecule has 0 aromatic heterocycles. The van der Waals surface area contributed by atoms with Gasteiger partial charge in [-0.3, -0.25) is 4.79 Å². The number of anilines is 3. The van der Waals surface area contributed by atoms with Gasteiger partial charge in [0.1, 0.15) is 0 Å². The molecule has 27 heavy (non-hydrogen) atoms. The second-order valence-electron chi connectivity index (χ2n) is 7.47. The molecule has 0 aliphatic carbocycles. The Morgan fingerprint density at radius 3 is 2.48 bits per heavy atom. The maximum absolute atomic E-state index is 12.7. The van der Waals surface area contributed by atoms with Crippen LogP contribution in [0.4, 0.5) is 17.1 Å². The fraction of sp³-hybridized carbons (Fsp3) is 0.409. The van der Waals surface area contributed by atoms with E-state index in [1.165, 1.54) is 11.3 Å². The number of fused-ring (bicyclic) bond motifs is 1. The van der Waals surface area contributed by atoms with Crippen molar-refractivity contribution in [1.29, 1.82) is 0 Å². The molecule has 1 saturated heterocycles. The maximum Gasteiger partial charge on any atom is 0.246 e. The van der Waals surface area contributed by atoms with Crippen LogP contribution >= 0.6 is 0 Å². The summed E-state index contributed by atoms with van der Waals surface area (Å²) in [5, 5.41) is 3.29. The number of para-hydroxylation sites is 1. The van der Waals surface area contributed by atoms with E-state index in [1.807, 2.05) is 17.0 Å². The van der Waals surface area contributed by atoms with Gasteiger partial charge in [0, 0.05) is 49.8 Å². The van der Waals surface area contributed by atoms with Crippen LogP contribution in [0.1, 0.15) is 12.0 Å². The van der Waals surface area contributed by atoms with E-state index < -0.39 is 0 Å². The minimum atomic E-state index is 0.130. The monoisotopic (exact) mass is 364 g/mol. The Balaban J connectivity index is 1.34. The summed E-state index contributed by atoms with van der Waals surface area (Å²) in [5.41, 5.74) is 4.59. The standard InChI is InChI=1S/C22H28N4O/c1-24-13-15-25(16-14-24)20-10-8-19(9-11-20)23-17-22(27)26-12-4-6-18-5-2-3-7-21(18)26/h2-3,5,7-11,23H,4,6,12-17H2,1H3. The zero-order valence-corrected chi connectivity index (χ0v) is 16.0. The zero-order chi connectivity index (χ0) is 18.6. The molecule has 5 heteroatoms. The Morgan fingerprint density at radius 1 is 0.963 bits per heavy atom. The predicted molar refractivity (Wildman–Crippen MR) is 112 cm³/mol. The van der Waals surface area contributed by atoms with E-state index in [0.29, 0.717) is 6.54 Å². The van der Waals surface area contributed by atoms with Crippen molar-refractivity contribution >= 4 is 23.0 Å². The van der Waals surface area contributed by atoms with Gasteiger partial charge >= 0.3 is 0 Å². The Labute approximate surface area is 161 Å². The van der Waals surface area contributed by atoms with Crippen molar-refractivity contribution in [2.45, 2.75) is 12.8 Å². The fourth-order valence-corrected chi connectivity index (χ4v) is 3.92. The number of aryl methyl sites for hydroxylation is 1. The third kappa shape index (κ3) is 4.08. The zero-order valence-electron chi connectivity index (χ0n) is 16.0. The Morgan fingerprint density at radius 2 is 1.70 bits per heavy atom. The first-order valence-corrected chi connectivity index (χ1v) is 9.86. The quantitative estimate of drug-likeness (QED) is 0.906. The highest BCUT2D eigenvalue weighted by Crippen LogP contribution is 2.27. The Kier molecular flexibility index (Phi) is 5.30. The van der Waals surface area contributed by atoms with Crippen molar-refractivity contribution in [2.75, 3.05) is 61.4 Å². The number of nitrogens with zero attached hydrogens (tertiary/aromatic N) is 3. The largest absolute Gasteiger partial charge is 0.376 e. The number of carbonyl (C=O) groups is 1. The number of rotatable bonds is 4. The molecule has 0 spiro atoms. The summed E-state index contributed by atoms with van der Waals surface area (Å²) in [6.07, 6.45) is 2.09. The highest BCUT2D eigenvalue weighted by atomic mass is 16.2. The van der Waals surface area contributed by atoms with Crippen LogP contribution in [0.5, 0.6) is 0 Å². The predicted octanol–water partition coefficient (Wildman–Crippen LogP) is 2.83. The van der Waals surface area contributed by atoms with Crippen LogP contribution in [-0.4, -0.2) is 57.1 Å². The first kappa shape index (κ1) is 17.9. The normalized spacial score (nSPS) is 17.5. The number of hydrogen-bond acceptors (Lipinski definition) is 4. The molecule has 2 aromatic rings. The molecule has 0 atom stereocenters. The average molecular weight is 364 g/mol. The van der Waals surface area contributed by atoms with E-state index >= 15 is 0 Å². The van der Waals surface area contributed by atoms with Crippen LogP contribution in [-0.2, 0) is 11.2 Å². The van der Waals surface area contributed by atoms with E-state index in [0.717, 1.165) is 56.9 Å². The van der Waals surface area contributed by atoms with Crippen LogP contribution in [0.25, 0.3) is 0 Å². The number of amides is 1. The van der Waals surface area contributed by atoms with Gasteiger partial charge in [-0.2, -0.15) is 0 Å². The number of nitrogens with one attached hydrogen (secondary N) is 1. The molecule has 2 aliphatic heterocycles. The van der Waals surface area contributed by atoms with Crippen LogP contribution < -0.4 is 15.1 Å². The lowest BCUT2D eigenvalue weighted by Crippen LogP contribution is -2.44. The molecule has 0 radical (unpaired) electrons. The van der Waals surface area contributed by atoms with E-state index in [4.69, 9.17) is 0 Å². The lowest BCUT2D eigenvalue weighted by atomic mass is 10.0. The van der Waals surface area contributed by atoms with Gasteiger partial charge in [0.15, 0.2) is 0 Å². The molecule has 5 nitrogen and oxygen atoms in total. The molecule has 1 amide bonds. The fourth-order valence-electron chi connectivity index (χ4n) is 3.92. The molecule has 0 unspecified atom stereocenters. The first-order valence-electron chi connectivity index (χ1n) is 9.86. The van der Waals surface area contributed by atoms with Crippen molar-refractivity contribution in [3.63, 3.8) is 0 Å². The molecule has 1 fully saturated rings. The highest BCUT2D eigenvalue weighted by Gasteiger charge is 2.21. The highest BCUT2D eigenvalue weighted by molar-refractivity contribution is 5.97. The summed E-state index contributed by atoms with van der Waals surface area (Å²) < 4.78 is 0. The minimum absolute atomic E-state index is 0.130. The van der Waals surface area contributed by atoms with Crippen molar-refractivity contribution in [3.8, 4) is 0 Å². The third-order valence-corrected chi connectivity index (χ3v) is 5.59. The second-order valence-corrected chi connectivity index (χ2v) is 7.47. The molecule has 2 heterocycles. The Hall–Kier alpha value is -2.53. The molecule has 2 aliphatic rings. The molecular formula is C22H28N4O. The SMILES string of the molecule is CN1CCN(c2ccc(NCC(=O)N3CCCc4ccccc43)cc2)CC1. The number of hydrogen-bond donors (Lipinski definition) is 1. The molecular weight excluding hydrogens is 336 g/mol. The van der Waals surface area contributed by atoms with E-state index in [-0.39, 0.29) is 5.91 Å². The van der Waals surface area contributed by atoms with Crippen LogP contribution in [0.3, 0.4) is 0 Å². The number of carbonyl (C=O) groups excluding carboxylic acids is 1. The first-order chi connectivity index (χ1) is 13.2. The lowest BCUT2D eigenvalue weighted by Gasteiger charge is -2.34. The minimum Gasteiger partial charge on any atom is -0.376 e. The third-order valence-electron chi connectivity index (χ3n) is 5.59. The summed E-state index contributed by atoms with van der Waals surface area (Å²) in [7, 11) is 2.17. The van der Waals surface area contributed by atoms with Gasteiger partial charge in [-0.1, -0.05) is 18.2 Å². The molecule has 2 aromatic carbocycles. The topological polar surface area (TPSA) is 38.8 Å². The maximum atomic E-state index is 12.7. The summed E-state index contributed by atoms with van der Waals surface area (Å²) in [5.74, 6) is 0.130. The van der Waals surface area contributed by atoms with Crippen molar-refractivity contribution in [1.82, 2.24) is 4.90 Å². The Bertz CT molecular complexity index is 781. The smallest absolute Gasteiger partial charge is 0.246 e. The molecule has 0 saturated carbocycles. The van der Waals surface area contributed by atoms with E-state index in [9.17, 15) is 4.79 Å². The van der Waals surface area contributed by atoms with Gasteiger partial charge in [-0.05, 0) is 55.8 Å². The van der Waals surface area contributed by atoms with Crippen LogP contribution in [0.2, 0.25) is 0 Å². The molecule has 1 N–H and O–H groups in total. The molecule has 4 rings (SSSR count). The number of likely N-dealkylation sites (N-methyl/N-ethyl adjacent to an activating group) is 1. The van der Waals surface area contributed by atoms with Crippen molar-refractivity contribution in [3.05, 3.63) is 54.1 Å². The van der Waals surface area contributed by atoms with E-state index in [2.05, 4.69) is 58.6 Å². The molecule has 0 bridgehead atoms. The van der Waals surface area contributed by atoms with Crippen molar-refractivity contribution in [2.24, 2.45) is 0 Å². The van der Waals surface area contributed by atoms with Gasteiger partial charge in [-0.15, -0.1) is 0 Å². The van der Waals surface area contributed by atoms with Crippen LogP contribution in [0.15, 0.2) is 48.5 Å².